The van der Waals surface area contributed by atoms with Gasteiger partial charge < -0.3 is 0 Å². The minimum Gasteiger partial charge on any atom is -0.0654 e. The first kappa shape index (κ1) is 10.1. The Labute approximate surface area is 47.9 Å². The Morgan fingerprint density at radius 1 is 0.857 bits per heavy atom. The maximum Gasteiger partial charge on any atom is -0.0312 e. The van der Waals surface area contributed by atoms with Gasteiger partial charge in [0.2, 0.25) is 0 Å². The predicted molar refractivity (Wildman–Crippen MR) is 34.1 cm³/mol. The molecule has 0 N–H and O–H groups in total. The summed E-state index contributed by atoms with van der Waals surface area (Å²) in [5, 5.41) is 0. The first-order valence-electron chi connectivity index (χ1n) is 2.91. The van der Waals surface area contributed by atoms with E-state index in [1.165, 1.54) is 25.7 Å². The second-order valence-corrected chi connectivity index (χ2v) is 1.71. The maximum absolute atomic E-state index is 2.23. The molecule has 0 heteroatoms. The zero-order valence-corrected chi connectivity index (χ0v) is 5.41. The quantitative estimate of drug-likeness (QED) is 0.477. The van der Waals surface area contributed by atoms with E-state index in [1.807, 2.05) is 0 Å². The van der Waals surface area contributed by atoms with Crippen LogP contribution in [0.3, 0.4) is 0 Å². The average molecular weight is 99.2 g/mol. The van der Waals surface area contributed by atoms with Crippen LogP contribution in [0.15, 0.2) is 0 Å². The van der Waals surface area contributed by atoms with E-state index in [1.54, 1.807) is 0 Å². The van der Waals surface area contributed by atoms with Crippen molar-refractivity contribution in [1.82, 2.24) is 0 Å². The van der Waals surface area contributed by atoms with Crippen molar-refractivity contribution in [1.29, 1.82) is 0 Å². The fourth-order valence-electron chi connectivity index (χ4n) is 0.500. The lowest BCUT2D eigenvalue weighted by Crippen LogP contribution is -1.66. The Bertz CT molecular complexity index is 12.0. The SMILES string of the molecule is CCCCCC.[CH]. The van der Waals surface area contributed by atoms with Crippen LogP contribution in [0.1, 0.15) is 39.5 Å². The molecule has 0 fully saturated rings. The third-order valence-electron chi connectivity index (χ3n) is 0.957. The lowest BCUT2D eigenvalue weighted by atomic mass is 10.2. The van der Waals surface area contributed by atoms with Gasteiger partial charge in [0.05, 0.1) is 0 Å². The van der Waals surface area contributed by atoms with Crippen molar-refractivity contribution in [2.24, 2.45) is 0 Å². The Kier molecular flexibility index (Phi) is 13.5. The van der Waals surface area contributed by atoms with Gasteiger partial charge in [-0.2, -0.15) is 0 Å². The van der Waals surface area contributed by atoms with E-state index in [4.69, 9.17) is 0 Å². The van der Waals surface area contributed by atoms with E-state index in [0.29, 0.717) is 0 Å². The molecule has 0 rings (SSSR count). The van der Waals surface area contributed by atoms with Crippen molar-refractivity contribution < 1.29 is 0 Å². The summed E-state index contributed by atoms with van der Waals surface area (Å²) in [7, 11) is 0. The molecule has 0 saturated carbocycles. The van der Waals surface area contributed by atoms with Crippen LogP contribution in [0.2, 0.25) is 0 Å². The van der Waals surface area contributed by atoms with Crippen LogP contribution < -0.4 is 0 Å². The summed E-state index contributed by atoms with van der Waals surface area (Å²) in [5.41, 5.74) is 0. The van der Waals surface area contributed by atoms with Gasteiger partial charge in [0.1, 0.15) is 0 Å². The monoisotopic (exact) mass is 99.1 g/mol. The normalized spacial score (nSPS) is 7.71. The molecule has 0 aromatic heterocycles. The summed E-state index contributed by atoms with van der Waals surface area (Å²) in [4.78, 5) is 0. The Hall–Kier alpha value is 0. The zero-order chi connectivity index (χ0) is 4.83. The van der Waals surface area contributed by atoms with E-state index in [9.17, 15) is 0 Å². The number of unbranched alkanes of at least 4 members (excludes halogenated alkanes) is 3. The Balaban J connectivity index is 0. The molecule has 0 atom stereocenters. The highest BCUT2D eigenvalue weighted by Crippen LogP contribution is 1.95. The summed E-state index contributed by atoms with van der Waals surface area (Å²) in [6, 6.07) is 0. The van der Waals surface area contributed by atoms with Crippen LogP contribution in [0, 0.1) is 7.43 Å². The molecule has 0 aliphatic rings. The fraction of sp³-hybridized carbons (Fsp3) is 0.857. The van der Waals surface area contributed by atoms with E-state index >= 15 is 0 Å². The van der Waals surface area contributed by atoms with Crippen molar-refractivity contribution in [2.75, 3.05) is 0 Å². The van der Waals surface area contributed by atoms with Gasteiger partial charge in [0, 0.05) is 0 Å². The second kappa shape index (κ2) is 9.38. The van der Waals surface area contributed by atoms with Gasteiger partial charge in [0.25, 0.3) is 0 Å². The highest BCUT2D eigenvalue weighted by atomic mass is 13.8. The van der Waals surface area contributed by atoms with E-state index in [0.717, 1.165) is 0 Å². The zero-order valence-electron chi connectivity index (χ0n) is 5.41. The molecule has 0 aromatic rings. The average Bonchev–Trinajstić information content (AvgIpc) is 1.61. The van der Waals surface area contributed by atoms with Gasteiger partial charge in [-0.3, -0.25) is 0 Å². The Morgan fingerprint density at radius 3 is 1.29 bits per heavy atom. The summed E-state index contributed by atoms with van der Waals surface area (Å²) in [6.45, 7) is 4.46. The first-order chi connectivity index (χ1) is 2.91. The standard InChI is InChI=1S/C6H14.CH/c1-3-5-6-4-2;/h3-6H2,1-2H3;1H. The molecule has 0 unspecified atom stereocenters. The molecule has 0 nitrogen and oxygen atoms in total. The highest BCUT2D eigenvalue weighted by molar-refractivity contribution is 4.31. The maximum atomic E-state index is 2.23. The van der Waals surface area contributed by atoms with Gasteiger partial charge >= 0.3 is 0 Å². The van der Waals surface area contributed by atoms with E-state index in [-0.39, 0.29) is 7.43 Å². The van der Waals surface area contributed by atoms with Crippen LogP contribution in [-0.4, -0.2) is 0 Å². The predicted octanol–water partition coefficient (Wildman–Crippen LogP) is 2.79. The molecule has 0 bridgehead atoms. The van der Waals surface area contributed by atoms with Crippen LogP contribution in [-0.2, 0) is 0 Å². The van der Waals surface area contributed by atoms with Crippen LogP contribution in [0.25, 0.3) is 0 Å². The molecule has 43 valence electrons. The largest absolute Gasteiger partial charge is 0.0654 e. The van der Waals surface area contributed by atoms with Crippen LogP contribution in [0.4, 0.5) is 0 Å². The van der Waals surface area contributed by atoms with Crippen molar-refractivity contribution in [2.45, 2.75) is 39.5 Å². The van der Waals surface area contributed by atoms with Crippen molar-refractivity contribution in [3.05, 3.63) is 7.43 Å². The lowest BCUT2D eigenvalue weighted by Gasteiger charge is -1.86. The third-order valence-corrected chi connectivity index (χ3v) is 0.957. The summed E-state index contributed by atoms with van der Waals surface area (Å²) in [5.74, 6) is 0. The molecule has 0 amide bonds. The number of hydrogen-bond acceptors (Lipinski definition) is 0. The third kappa shape index (κ3) is 10.7. The molecule has 0 spiro atoms. The lowest BCUT2D eigenvalue weighted by molar-refractivity contribution is 0.702. The van der Waals surface area contributed by atoms with E-state index < -0.39 is 0 Å². The molecular formula is C7H15. The molecule has 0 aromatic carbocycles. The molecule has 7 heavy (non-hydrogen) atoms. The van der Waals surface area contributed by atoms with Crippen molar-refractivity contribution >= 4 is 0 Å². The molecule has 0 aliphatic heterocycles. The van der Waals surface area contributed by atoms with Crippen molar-refractivity contribution in [3.63, 3.8) is 0 Å². The number of hydrogen-bond donors (Lipinski definition) is 0. The molecule has 3 radical (unpaired) electrons. The fourth-order valence-corrected chi connectivity index (χ4v) is 0.500. The van der Waals surface area contributed by atoms with E-state index in [2.05, 4.69) is 13.8 Å². The van der Waals surface area contributed by atoms with Crippen LogP contribution in [0.5, 0.6) is 0 Å². The molecular weight excluding hydrogens is 84.1 g/mol. The topological polar surface area (TPSA) is 0 Å². The highest BCUT2D eigenvalue weighted by Gasteiger charge is 1.75. The molecule has 0 heterocycles. The number of rotatable bonds is 3. The van der Waals surface area contributed by atoms with Gasteiger partial charge in [0.15, 0.2) is 0 Å². The van der Waals surface area contributed by atoms with Crippen LogP contribution >= 0.6 is 0 Å². The first-order valence-corrected chi connectivity index (χ1v) is 2.91. The van der Waals surface area contributed by atoms with Gasteiger partial charge in [-0.25, -0.2) is 0 Å². The Morgan fingerprint density at radius 2 is 1.14 bits per heavy atom. The second-order valence-electron chi connectivity index (χ2n) is 1.71. The summed E-state index contributed by atoms with van der Waals surface area (Å²) < 4.78 is 0. The molecule has 0 saturated heterocycles. The summed E-state index contributed by atoms with van der Waals surface area (Å²) >= 11 is 0. The van der Waals surface area contributed by atoms with Gasteiger partial charge in [-0.1, -0.05) is 39.5 Å². The van der Waals surface area contributed by atoms with Gasteiger partial charge in [-0.05, 0) is 7.43 Å². The molecule has 0 aliphatic carbocycles. The van der Waals surface area contributed by atoms with Crippen molar-refractivity contribution in [3.8, 4) is 0 Å². The minimum absolute atomic E-state index is 0. The minimum atomic E-state index is 0. The van der Waals surface area contributed by atoms with Gasteiger partial charge in [-0.15, -0.1) is 0 Å². The smallest absolute Gasteiger partial charge is 0.0312 e. The summed E-state index contributed by atoms with van der Waals surface area (Å²) in [6.07, 6.45) is 5.54.